The summed E-state index contributed by atoms with van der Waals surface area (Å²) in [5, 5.41) is 12.0. The molecule has 0 bridgehead atoms. The Labute approximate surface area is 202 Å². The second-order valence-electron chi connectivity index (χ2n) is 11.6. The lowest BCUT2D eigenvalue weighted by Crippen LogP contribution is -2.60. The number of esters is 3. The zero-order valence-electron chi connectivity index (χ0n) is 21.2. The molecule has 3 fully saturated rings. The largest absolute Gasteiger partial charge is 0.462 e. The lowest BCUT2D eigenvalue weighted by molar-refractivity contribution is -0.206. The molecule has 0 aromatic carbocycles. The van der Waals surface area contributed by atoms with Crippen molar-refractivity contribution in [2.24, 2.45) is 28.6 Å². The number of fused-ring (bicyclic) bond motifs is 5. The smallest absolute Gasteiger partial charge is 0.303 e. The maximum absolute atomic E-state index is 12.0. The van der Waals surface area contributed by atoms with E-state index in [2.05, 4.69) is 19.9 Å². The van der Waals surface area contributed by atoms with Crippen LogP contribution in [0.15, 0.2) is 11.6 Å². The molecule has 1 N–H and O–H groups in total. The van der Waals surface area contributed by atoms with Gasteiger partial charge in [-0.25, -0.2) is 0 Å². The first kappa shape index (κ1) is 25.2. The topological polar surface area (TPSA) is 99.1 Å². The molecule has 7 nitrogen and oxygen atoms in total. The molecule has 34 heavy (non-hydrogen) atoms. The van der Waals surface area contributed by atoms with Gasteiger partial charge in [0.05, 0.1) is 0 Å². The summed E-state index contributed by atoms with van der Waals surface area (Å²) in [4.78, 5) is 34.8. The lowest BCUT2D eigenvalue weighted by Gasteiger charge is -2.59. The third-order valence-corrected chi connectivity index (χ3v) is 9.89. The highest BCUT2D eigenvalue weighted by Crippen LogP contribution is 2.67. The van der Waals surface area contributed by atoms with E-state index < -0.39 is 29.1 Å². The molecule has 0 aromatic heterocycles. The Morgan fingerprint density at radius 1 is 1.00 bits per heavy atom. The predicted molar refractivity (Wildman–Crippen MR) is 124 cm³/mol. The van der Waals surface area contributed by atoms with Gasteiger partial charge in [-0.05, 0) is 68.1 Å². The Morgan fingerprint density at radius 3 is 2.35 bits per heavy atom. The Kier molecular flexibility index (Phi) is 6.64. The summed E-state index contributed by atoms with van der Waals surface area (Å²) in [6.45, 7) is 8.53. The van der Waals surface area contributed by atoms with E-state index in [4.69, 9.17) is 14.2 Å². The van der Waals surface area contributed by atoms with E-state index in [9.17, 15) is 19.5 Å². The first-order valence-corrected chi connectivity index (χ1v) is 12.8. The molecule has 0 heterocycles. The van der Waals surface area contributed by atoms with Crippen LogP contribution in [-0.4, -0.2) is 47.4 Å². The number of aliphatic hydroxyl groups is 1. The molecule has 190 valence electrons. The van der Waals surface area contributed by atoms with Gasteiger partial charge in [0.25, 0.3) is 0 Å². The van der Waals surface area contributed by atoms with Crippen molar-refractivity contribution in [3.8, 4) is 0 Å². The third-order valence-electron chi connectivity index (χ3n) is 9.89. The van der Waals surface area contributed by atoms with E-state index in [0.29, 0.717) is 24.2 Å². The number of ether oxygens (including phenoxy) is 3. The van der Waals surface area contributed by atoms with Crippen molar-refractivity contribution >= 4 is 17.9 Å². The number of allylic oxidation sites excluding steroid dienone is 1. The summed E-state index contributed by atoms with van der Waals surface area (Å²) in [5.41, 5.74) is -0.141. The van der Waals surface area contributed by atoms with Gasteiger partial charge in [-0.2, -0.15) is 0 Å². The monoisotopic (exact) mass is 476 g/mol. The Balaban J connectivity index is 1.58. The van der Waals surface area contributed by atoms with Crippen molar-refractivity contribution in [2.75, 3.05) is 6.61 Å². The van der Waals surface area contributed by atoms with Gasteiger partial charge in [0.1, 0.15) is 18.3 Å². The summed E-state index contributed by atoms with van der Waals surface area (Å²) in [6.07, 6.45) is 8.38. The zero-order valence-corrected chi connectivity index (χ0v) is 21.2. The minimum atomic E-state index is -1.23. The van der Waals surface area contributed by atoms with Crippen LogP contribution >= 0.6 is 0 Å². The number of carbonyl (C=O) groups is 3. The number of carbonyl (C=O) groups excluding carboxylic acids is 3. The predicted octanol–water partition coefficient (Wildman–Crippen LogP) is 4.11. The van der Waals surface area contributed by atoms with Gasteiger partial charge < -0.3 is 19.3 Å². The van der Waals surface area contributed by atoms with E-state index >= 15 is 0 Å². The molecule has 0 aliphatic heterocycles. The number of rotatable bonds is 5. The molecule has 7 heteroatoms. The van der Waals surface area contributed by atoms with Crippen LogP contribution < -0.4 is 0 Å². The van der Waals surface area contributed by atoms with Gasteiger partial charge in [-0.1, -0.05) is 25.5 Å². The molecule has 3 saturated carbocycles. The quantitative estimate of drug-likeness (QED) is 0.362. The summed E-state index contributed by atoms with van der Waals surface area (Å²) in [7, 11) is 0. The van der Waals surface area contributed by atoms with Crippen molar-refractivity contribution in [1.82, 2.24) is 0 Å². The summed E-state index contributed by atoms with van der Waals surface area (Å²) in [6, 6.07) is 0. The van der Waals surface area contributed by atoms with Crippen LogP contribution in [-0.2, 0) is 28.6 Å². The van der Waals surface area contributed by atoms with Gasteiger partial charge >= 0.3 is 17.9 Å². The van der Waals surface area contributed by atoms with Crippen molar-refractivity contribution in [1.29, 1.82) is 0 Å². The van der Waals surface area contributed by atoms with Crippen LogP contribution in [0, 0.1) is 28.6 Å². The average Bonchev–Trinajstić information content (AvgIpc) is 3.02. The third kappa shape index (κ3) is 4.08. The van der Waals surface area contributed by atoms with Gasteiger partial charge in [-0.3, -0.25) is 14.4 Å². The normalized spacial score (nSPS) is 41.8. The molecule has 0 saturated heterocycles. The van der Waals surface area contributed by atoms with Gasteiger partial charge in [0, 0.05) is 32.6 Å². The molecular weight excluding hydrogens is 436 g/mol. The summed E-state index contributed by atoms with van der Waals surface area (Å²) in [5.74, 6) is 0.121. The van der Waals surface area contributed by atoms with E-state index in [-0.39, 0.29) is 24.1 Å². The minimum absolute atomic E-state index is 0.0235. The summed E-state index contributed by atoms with van der Waals surface area (Å²) >= 11 is 0. The Hall–Kier alpha value is -1.89. The second kappa shape index (κ2) is 8.96. The molecular formula is C27H40O7. The molecule has 4 aliphatic carbocycles. The molecule has 4 aliphatic rings. The fourth-order valence-electron chi connectivity index (χ4n) is 8.21. The van der Waals surface area contributed by atoms with E-state index in [1.165, 1.54) is 26.3 Å². The molecule has 4 rings (SSSR count). The van der Waals surface area contributed by atoms with Crippen LogP contribution in [0.3, 0.4) is 0 Å². The standard InChI is InChI=1S/C27H40O7/c1-16(28)32-15-24(34-18(3)30)27(31)13-10-23-21-7-6-19-14-20(33-17(2)29)8-11-25(19,4)22(21)9-12-26(23,27)5/h6,20-24,31H,7-15H2,1-5H3/t20-,21-,22+,23+,24+,25+,26+,27-/m1/s1. The van der Waals surface area contributed by atoms with Crippen molar-refractivity contribution in [2.45, 2.75) is 104 Å². The highest BCUT2D eigenvalue weighted by atomic mass is 16.6. The average molecular weight is 477 g/mol. The zero-order chi connectivity index (χ0) is 24.9. The van der Waals surface area contributed by atoms with Crippen molar-refractivity contribution in [3.05, 3.63) is 11.6 Å². The van der Waals surface area contributed by atoms with E-state index in [1.54, 1.807) is 0 Å². The van der Waals surface area contributed by atoms with Crippen molar-refractivity contribution in [3.63, 3.8) is 0 Å². The first-order chi connectivity index (χ1) is 15.9. The number of hydrogen-bond donors (Lipinski definition) is 1. The molecule has 8 atom stereocenters. The SMILES string of the molecule is CC(=O)OC[C@H](OC(C)=O)[C@]1(O)CC[C@H]2[C@@H]3CC=C4C[C@H](OC(C)=O)CC[C@]4(C)[C@H]3CC[C@@]21C. The van der Waals surface area contributed by atoms with E-state index in [1.807, 2.05) is 0 Å². The maximum Gasteiger partial charge on any atom is 0.303 e. The van der Waals surface area contributed by atoms with Crippen LogP contribution in [0.4, 0.5) is 0 Å². The second-order valence-corrected chi connectivity index (χ2v) is 11.6. The van der Waals surface area contributed by atoms with Gasteiger partial charge in [0.15, 0.2) is 6.10 Å². The Bertz CT molecular complexity index is 880. The molecule has 0 spiro atoms. The van der Waals surface area contributed by atoms with Crippen LogP contribution in [0.5, 0.6) is 0 Å². The van der Waals surface area contributed by atoms with E-state index in [0.717, 1.165) is 44.9 Å². The maximum atomic E-state index is 12.0. The van der Waals surface area contributed by atoms with Gasteiger partial charge in [-0.15, -0.1) is 0 Å². The highest BCUT2D eigenvalue weighted by molar-refractivity contribution is 5.67. The van der Waals surface area contributed by atoms with Crippen LogP contribution in [0.2, 0.25) is 0 Å². The molecule has 0 radical (unpaired) electrons. The van der Waals surface area contributed by atoms with Crippen LogP contribution in [0.25, 0.3) is 0 Å². The minimum Gasteiger partial charge on any atom is -0.462 e. The summed E-state index contributed by atoms with van der Waals surface area (Å²) < 4.78 is 16.3. The Morgan fingerprint density at radius 2 is 1.71 bits per heavy atom. The molecule has 0 amide bonds. The molecule has 0 unspecified atom stereocenters. The highest BCUT2D eigenvalue weighted by Gasteiger charge is 2.66. The molecule has 0 aromatic rings. The fraction of sp³-hybridized carbons (Fsp3) is 0.815. The van der Waals surface area contributed by atoms with Crippen molar-refractivity contribution < 1.29 is 33.7 Å². The van der Waals surface area contributed by atoms with Gasteiger partial charge in [0.2, 0.25) is 0 Å². The number of hydrogen-bond acceptors (Lipinski definition) is 7. The fourth-order valence-corrected chi connectivity index (χ4v) is 8.21. The van der Waals surface area contributed by atoms with Crippen LogP contribution in [0.1, 0.15) is 86.0 Å². The first-order valence-electron chi connectivity index (χ1n) is 12.8. The lowest BCUT2D eigenvalue weighted by atomic mass is 9.46.